The van der Waals surface area contributed by atoms with Gasteiger partial charge in [-0.25, -0.2) is 0 Å². The summed E-state index contributed by atoms with van der Waals surface area (Å²) in [5.41, 5.74) is 6.50. The third-order valence-corrected chi connectivity index (χ3v) is 2.20. The van der Waals surface area contributed by atoms with Crippen LogP contribution < -0.4 is 5.73 Å². The Bertz CT molecular complexity index is 364. The zero-order chi connectivity index (χ0) is 10.9. The summed E-state index contributed by atoms with van der Waals surface area (Å²) >= 11 is 1.40. The minimum atomic E-state index is 0. The Morgan fingerprint density at radius 1 is 1.50 bits per heavy atom. The third kappa shape index (κ3) is 6.36. The lowest BCUT2D eigenvalue weighted by Crippen LogP contribution is -2.05. The average molecular weight is 301 g/mol. The van der Waals surface area contributed by atoms with Crippen molar-refractivity contribution in [2.45, 2.75) is 0 Å². The second-order valence-corrected chi connectivity index (χ2v) is 3.60. The van der Waals surface area contributed by atoms with Gasteiger partial charge in [0.05, 0.1) is 6.21 Å². The summed E-state index contributed by atoms with van der Waals surface area (Å²) in [5, 5.41) is 8.10. The van der Waals surface area contributed by atoms with Gasteiger partial charge >= 0.3 is 0 Å². The van der Waals surface area contributed by atoms with Crippen LogP contribution in [0.4, 0.5) is 0 Å². The molecule has 0 amide bonds. The van der Waals surface area contributed by atoms with Crippen LogP contribution in [0.1, 0.15) is 5.56 Å². The summed E-state index contributed by atoms with van der Waals surface area (Å²) in [7, 11) is 0. The van der Waals surface area contributed by atoms with Gasteiger partial charge in [0.1, 0.15) is 0 Å². The van der Waals surface area contributed by atoms with Crippen LogP contribution in [0.15, 0.2) is 47.4 Å². The van der Waals surface area contributed by atoms with Crippen molar-refractivity contribution in [2.24, 2.45) is 15.9 Å². The van der Waals surface area contributed by atoms with Crippen molar-refractivity contribution in [1.29, 1.82) is 0 Å². The standard InChI is InChI=1S/C10H12N4S.BrH/c1-2-7-15-10(11)14-13-8-9-3-5-12-6-4-9;/h2-6,8H,1,7H2,(H2,11,14);1H/b13-8+;. The zero-order valence-electron chi connectivity index (χ0n) is 8.61. The van der Waals surface area contributed by atoms with E-state index in [9.17, 15) is 0 Å². The van der Waals surface area contributed by atoms with Crippen molar-refractivity contribution in [2.75, 3.05) is 5.75 Å². The molecule has 4 nitrogen and oxygen atoms in total. The Hall–Kier alpha value is -1.14. The highest BCUT2D eigenvalue weighted by molar-refractivity contribution is 8.93. The molecule has 1 rings (SSSR count). The van der Waals surface area contributed by atoms with Crippen LogP contribution in [0, 0.1) is 0 Å². The highest BCUT2D eigenvalue weighted by Gasteiger charge is 1.88. The number of hydrogen-bond donors (Lipinski definition) is 1. The van der Waals surface area contributed by atoms with E-state index in [4.69, 9.17) is 5.73 Å². The maximum atomic E-state index is 5.56. The average Bonchev–Trinajstić information content (AvgIpc) is 2.28. The predicted molar refractivity (Wildman–Crippen MR) is 76.4 cm³/mol. The van der Waals surface area contributed by atoms with Gasteiger partial charge in [-0.05, 0) is 17.7 Å². The molecule has 0 saturated heterocycles. The number of amidine groups is 1. The summed E-state index contributed by atoms with van der Waals surface area (Å²) in [6.45, 7) is 3.58. The molecule has 1 aromatic rings. The number of thioether (sulfide) groups is 1. The topological polar surface area (TPSA) is 63.6 Å². The first kappa shape index (κ1) is 14.9. The highest BCUT2D eigenvalue weighted by Crippen LogP contribution is 1.99. The van der Waals surface area contributed by atoms with Gasteiger partial charge in [0.15, 0.2) is 5.17 Å². The zero-order valence-corrected chi connectivity index (χ0v) is 11.1. The minimum absolute atomic E-state index is 0. The first-order valence-electron chi connectivity index (χ1n) is 4.33. The number of hydrogen-bond acceptors (Lipinski definition) is 4. The molecule has 1 aromatic heterocycles. The lowest BCUT2D eigenvalue weighted by molar-refractivity contribution is 1.25. The summed E-state index contributed by atoms with van der Waals surface area (Å²) in [4.78, 5) is 3.89. The van der Waals surface area contributed by atoms with Gasteiger partial charge in [-0.2, -0.15) is 5.10 Å². The van der Waals surface area contributed by atoms with E-state index in [0.29, 0.717) is 5.17 Å². The first-order chi connectivity index (χ1) is 7.33. The smallest absolute Gasteiger partial charge is 0.180 e. The van der Waals surface area contributed by atoms with Crippen molar-refractivity contribution >= 4 is 40.1 Å². The quantitative estimate of drug-likeness (QED) is 0.401. The molecule has 1 heterocycles. The van der Waals surface area contributed by atoms with Gasteiger partial charge in [0, 0.05) is 18.1 Å². The molecule has 0 aliphatic carbocycles. The molecule has 0 aliphatic rings. The van der Waals surface area contributed by atoms with Crippen LogP contribution in [-0.2, 0) is 0 Å². The molecule has 0 bridgehead atoms. The monoisotopic (exact) mass is 300 g/mol. The van der Waals surface area contributed by atoms with Crippen molar-refractivity contribution in [1.82, 2.24) is 4.98 Å². The van der Waals surface area contributed by atoms with Crippen molar-refractivity contribution in [3.05, 3.63) is 42.7 Å². The normalized spacial score (nSPS) is 11.1. The van der Waals surface area contributed by atoms with E-state index in [1.165, 1.54) is 11.8 Å². The van der Waals surface area contributed by atoms with E-state index in [1.54, 1.807) is 24.7 Å². The van der Waals surface area contributed by atoms with Gasteiger partial charge < -0.3 is 5.73 Å². The second-order valence-electron chi connectivity index (χ2n) is 2.56. The van der Waals surface area contributed by atoms with Crippen LogP contribution in [0.3, 0.4) is 0 Å². The maximum Gasteiger partial charge on any atom is 0.180 e. The van der Waals surface area contributed by atoms with E-state index < -0.39 is 0 Å². The van der Waals surface area contributed by atoms with E-state index >= 15 is 0 Å². The van der Waals surface area contributed by atoms with Gasteiger partial charge in [-0.3, -0.25) is 4.98 Å². The molecule has 16 heavy (non-hydrogen) atoms. The van der Waals surface area contributed by atoms with Crippen LogP contribution in [0.2, 0.25) is 0 Å². The maximum absolute atomic E-state index is 5.56. The van der Waals surface area contributed by atoms with Crippen molar-refractivity contribution < 1.29 is 0 Å². The summed E-state index contributed by atoms with van der Waals surface area (Å²) in [5.74, 6) is 0.736. The van der Waals surface area contributed by atoms with E-state index in [-0.39, 0.29) is 17.0 Å². The number of rotatable bonds is 4. The molecule has 0 spiro atoms. The molecular formula is C10H13BrN4S. The van der Waals surface area contributed by atoms with Crippen LogP contribution in [0.5, 0.6) is 0 Å². The number of nitrogens with two attached hydrogens (primary N) is 1. The minimum Gasteiger partial charge on any atom is -0.377 e. The van der Waals surface area contributed by atoms with Gasteiger partial charge in [-0.1, -0.05) is 17.8 Å². The lowest BCUT2D eigenvalue weighted by atomic mass is 10.3. The Morgan fingerprint density at radius 2 is 2.19 bits per heavy atom. The van der Waals surface area contributed by atoms with Crippen molar-refractivity contribution in [3.8, 4) is 0 Å². The fourth-order valence-electron chi connectivity index (χ4n) is 0.775. The molecule has 86 valence electrons. The van der Waals surface area contributed by atoms with Gasteiger partial charge in [0.25, 0.3) is 0 Å². The van der Waals surface area contributed by atoms with E-state index in [2.05, 4.69) is 21.8 Å². The Labute approximate surface area is 110 Å². The number of halogens is 1. The van der Waals surface area contributed by atoms with E-state index in [0.717, 1.165) is 11.3 Å². The molecule has 0 fully saturated rings. The fourth-order valence-corrected chi connectivity index (χ4v) is 1.17. The Morgan fingerprint density at radius 3 is 2.81 bits per heavy atom. The summed E-state index contributed by atoms with van der Waals surface area (Å²) in [6.07, 6.45) is 6.78. The molecule has 0 aromatic carbocycles. The predicted octanol–water partition coefficient (Wildman–Crippen LogP) is 2.23. The number of aromatic nitrogens is 1. The Balaban J connectivity index is 0.00000225. The lowest BCUT2D eigenvalue weighted by Gasteiger charge is -1.92. The molecule has 0 aliphatic heterocycles. The van der Waals surface area contributed by atoms with Gasteiger partial charge in [-0.15, -0.1) is 28.7 Å². The summed E-state index contributed by atoms with van der Waals surface area (Å²) in [6, 6.07) is 3.68. The Kier molecular flexibility index (Phi) is 8.46. The van der Waals surface area contributed by atoms with Gasteiger partial charge in [0.2, 0.25) is 0 Å². The summed E-state index contributed by atoms with van der Waals surface area (Å²) < 4.78 is 0. The molecule has 6 heteroatoms. The van der Waals surface area contributed by atoms with Crippen LogP contribution >= 0.6 is 28.7 Å². The molecule has 0 radical (unpaired) electrons. The van der Waals surface area contributed by atoms with Crippen LogP contribution in [-0.4, -0.2) is 22.1 Å². The highest BCUT2D eigenvalue weighted by atomic mass is 79.9. The molecule has 2 N–H and O–H groups in total. The van der Waals surface area contributed by atoms with E-state index in [1.807, 2.05) is 12.1 Å². The van der Waals surface area contributed by atoms with Crippen molar-refractivity contribution in [3.63, 3.8) is 0 Å². The number of pyridine rings is 1. The third-order valence-electron chi connectivity index (χ3n) is 1.42. The first-order valence-corrected chi connectivity index (χ1v) is 5.31. The SMILES string of the molecule is Br.C=CCS/C(N)=N\N=C\c1ccncc1. The molecule has 0 unspecified atom stereocenters. The number of nitrogens with zero attached hydrogens (tertiary/aromatic N) is 3. The molecular weight excluding hydrogens is 288 g/mol. The fraction of sp³-hybridized carbons (Fsp3) is 0.100. The molecule has 0 saturated carbocycles. The largest absolute Gasteiger partial charge is 0.377 e. The van der Waals surface area contributed by atoms with Crippen LogP contribution in [0.25, 0.3) is 0 Å². The second kappa shape index (κ2) is 9.11. The molecule has 0 atom stereocenters.